The SMILES string of the molecule is CCS(=O)(=O)N1CCCC(C(=O)NC(C)c2ccc3c(c2)CCCC3)C1. The van der Waals surface area contributed by atoms with Crippen molar-refractivity contribution in [2.45, 2.75) is 58.4 Å². The Morgan fingerprint density at radius 3 is 2.69 bits per heavy atom. The van der Waals surface area contributed by atoms with Gasteiger partial charge in [-0.1, -0.05) is 18.2 Å². The first-order valence-electron chi connectivity index (χ1n) is 9.80. The average Bonchev–Trinajstić information content (AvgIpc) is 2.67. The quantitative estimate of drug-likeness (QED) is 0.857. The average molecular weight is 379 g/mol. The van der Waals surface area contributed by atoms with Crippen LogP contribution in [0, 0.1) is 5.92 Å². The molecule has 1 amide bonds. The molecular formula is C20H30N2O3S. The van der Waals surface area contributed by atoms with Crippen LogP contribution in [0.2, 0.25) is 0 Å². The van der Waals surface area contributed by atoms with Gasteiger partial charge in [0, 0.05) is 13.1 Å². The maximum atomic E-state index is 12.7. The van der Waals surface area contributed by atoms with Gasteiger partial charge in [-0.15, -0.1) is 0 Å². The largest absolute Gasteiger partial charge is 0.349 e. The fourth-order valence-electron chi connectivity index (χ4n) is 4.03. The van der Waals surface area contributed by atoms with Gasteiger partial charge in [0.05, 0.1) is 17.7 Å². The fourth-order valence-corrected chi connectivity index (χ4v) is 5.21. The number of carbonyl (C=O) groups excluding carboxylic acids is 1. The summed E-state index contributed by atoms with van der Waals surface area (Å²) in [5, 5.41) is 3.10. The van der Waals surface area contributed by atoms with Crippen LogP contribution in [0.3, 0.4) is 0 Å². The summed E-state index contributed by atoms with van der Waals surface area (Å²) in [6, 6.07) is 6.48. The summed E-state index contributed by atoms with van der Waals surface area (Å²) < 4.78 is 25.7. The molecule has 1 aromatic rings. The van der Waals surface area contributed by atoms with E-state index >= 15 is 0 Å². The lowest BCUT2D eigenvalue weighted by Crippen LogP contribution is -2.46. The Kier molecular flexibility index (Phi) is 6.03. The van der Waals surface area contributed by atoms with Crippen molar-refractivity contribution in [2.24, 2.45) is 5.92 Å². The van der Waals surface area contributed by atoms with E-state index in [0.29, 0.717) is 13.1 Å². The van der Waals surface area contributed by atoms with Crippen molar-refractivity contribution < 1.29 is 13.2 Å². The molecule has 1 aliphatic carbocycles. The van der Waals surface area contributed by atoms with E-state index in [-0.39, 0.29) is 23.6 Å². The molecule has 0 radical (unpaired) electrons. The summed E-state index contributed by atoms with van der Waals surface area (Å²) in [6.45, 7) is 4.49. The third kappa shape index (κ3) is 4.29. The van der Waals surface area contributed by atoms with E-state index in [1.807, 2.05) is 6.92 Å². The molecule has 1 aromatic carbocycles. The highest BCUT2D eigenvalue weighted by atomic mass is 32.2. The van der Waals surface area contributed by atoms with Crippen molar-refractivity contribution in [3.63, 3.8) is 0 Å². The summed E-state index contributed by atoms with van der Waals surface area (Å²) in [7, 11) is -3.23. The Morgan fingerprint density at radius 1 is 1.23 bits per heavy atom. The van der Waals surface area contributed by atoms with Crippen molar-refractivity contribution in [1.29, 1.82) is 0 Å². The van der Waals surface area contributed by atoms with Crippen LogP contribution in [0.4, 0.5) is 0 Å². The third-order valence-corrected chi connectivity index (χ3v) is 7.59. The van der Waals surface area contributed by atoms with Gasteiger partial charge in [-0.05, 0) is 69.1 Å². The van der Waals surface area contributed by atoms with E-state index in [1.165, 1.54) is 28.3 Å². The van der Waals surface area contributed by atoms with E-state index < -0.39 is 10.0 Å². The molecule has 6 heteroatoms. The van der Waals surface area contributed by atoms with E-state index in [0.717, 1.165) is 31.2 Å². The molecule has 1 aliphatic heterocycles. The number of rotatable bonds is 5. The van der Waals surface area contributed by atoms with Gasteiger partial charge in [0.25, 0.3) is 0 Å². The zero-order valence-electron chi connectivity index (χ0n) is 15.8. The zero-order valence-corrected chi connectivity index (χ0v) is 16.6. The molecule has 0 spiro atoms. The molecular weight excluding hydrogens is 348 g/mol. The van der Waals surface area contributed by atoms with Crippen molar-refractivity contribution in [3.8, 4) is 0 Å². The van der Waals surface area contributed by atoms with Crippen molar-refractivity contribution >= 4 is 15.9 Å². The van der Waals surface area contributed by atoms with Crippen LogP contribution in [-0.4, -0.2) is 37.5 Å². The number of sulfonamides is 1. The van der Waals surface area contributed by atoms with Gasteiger partial charge in [-0.25, -0.2) is 12.7 Å². The van der Waals surface area contributed by atoms with Gasteiger partial charge in [0.1, 0.15) is 0 Å². The molecule has 2 aliphatic rings. The third-order valence-electron chi connectivity index (χ3n) is 5.74. The van der Waals surface area contributed by atoms with E-state index in [1.54, 1.807) is 6.92 Å². The minimum atomic E-state index is -3.23. The zero-order chi connectivity index (χ0) is 18.7. The normalized spacial score (nSPS) is 22.5. The van der Waals surface area contributed by atoms with Gasteiger partial charge < -0.3 is 5.32 Å². The molecule has 26 heavy (non-hydrogen) atoms. The lowest BCUT2D eigenvalue weighted by molar-refractivity contribution is -0.126. The number of hydrogen-bond donors (Lipinski definition) is 1. The molecule has 0 saturated carbocycles. The van der Waals surface area contributed by atoms with Crippen LogP contribution in [0.25, 0.3) is 0 Å². The molecule has 1 heterocycles. The van der Waals surface area contributed by atoms with Crippen LogP contribution in [-0.2, 0) is 27.7 Å². The first-order chi connectivity index (χ1) is 12.4. The van der Waals surface area contributed by atoms with Crippen molar-refractivity contribution in [1.82, 2.24) is 9.62 Å². The number of piperidine rings is 1. The molecule has 0 aromatic heterocycles. The molecule has 2 unspecified atom stereocenters. The molecule has 3 rings (SSSR count). The molecule has 1 fully saturated rings. The van der Waals surface area contributed by atoms with Crippen LogP contribution < -0.4 is 5.32 Å². The lowest BCUT2D eigenvalue weighted by atomic mass is 9.89. The van der Waals surface area contributed by atoms with Crippen molar-refractivity contribution in [3.05, 3.63) is 34.9 Å². The standard InChI is InChI=1S/C20H30N2O3S/c1-3-26(24,25)22-12-6-9-19(14-22)20(23)21-15(2)17-11-10-16-7-4-5-8-18(16)13-17/h10-11,13,15,19H,3-9,12,14H2,1-2H3,(H,21,23). The Morgan fingerprint density at radius 2 is 1.96 bits per heavy atom. The maximum Gasteiger partial charge on any atom is 0.224 e. The van der Waals surface area contributed by atoms with Crippen LogP contribution in [0.15, 0.2) is 18.2 Å². The Hall–Kier alpha value is -1.40. The predicted molar refractivity (Wildman–Crippen MR) is 103 cm³/mol. The highest BCUT2D eigenvalue weighted by Crippen LogP contribution is 2.26. The molecule has 144 valence electrons. The first kappa shape index (κ1) is 19.4. The second-order valence-corrected chi connectivity index (χ2v) is 9.82. The topological polar surface area (TPSA) is 66.5 Å². The molecule has 0 bridgehead atoms. The van der Waals surface area contributed by atoms with E-state index in [9.17, 15) is 13.2 Å². The minimum Gasteiger partial charge on any atom is -0.349 e. The van der Waals surface area contributed by atoms with Crippen LogP contribution >= 0.6 is 0 Å². The Labute approximate surface area is 157 Å². The molecule has 1 saturated heterocycles. The molecule has 5 nitrogen and oxygen atoms in total. The predicted octanol–water partition coefficient (Wildman–Crippen LogP) is 2.80. The monoisotopic (exact) mass is 378 g/mol. The number of nitrogens with zero attached hydrogens (tertiary/aromatic N) is 1. The maximum absolute atomic E-state index is 12.7. The lowest BCUT2D eigenvalue weighted by Gasteiger charge is -2.31. The number of nitrogens with one attached hydrogen (secondary N) is 1. The number of carbonyl (C=O) groups is 1. The number of fused-ring (bicyclic) bond motifs is 1. The summed E-state index contributed by atoms with van der Waals surface area (Å²) >= 11 is 0. The number of benzene rings is 1. The summed E-state index contributed by atoms with van der Waals surface area (Å²) in [5.74, 6) is -0.205. The van der Waals surface area contributed by atoms with Crippen LogP contribution in [0.5, 0.6) is 0 Å². The second kappa shape index (κ2) is 8.09. The second-order valence-electron chi connectivity index (χ2n) is 7.56. The van der Waals surface area contributed by atoms with Gasteiger partial charge in [0.15, 0.2) is 0 Å². The summed E-state index contributed by atoms with van der Waals surface area (Å²) in [6.07, 6.45) is 6.26. The number of amides is 1. The summed E-state index contributed by atoms with van der Waals surface area (Å²) in [4.78, 5) is 12.7. The van der Waals surface area contributed by atoms with Gasteiger partial charge >= 0.3 is 0 Å². The number of hydrogen-bond acceptors (Lipinski definition) is 3. The van der Waals surface area contributed by atoms with Gasteiger partial charge in [-0.3, -0.25) is 4.79 Å². The van der Waals surface area contributed by atoms with Crippen LogP contribution in [0.1, 0.15) is 62.3 Å². The van der Waals surface area contributed by atoms with Crippen molar-refractivity contribution in [2.75, 3.05) is 18.8 Å². The first-order valence-corrected chi connectivity index (χ1v) is 11.4. The number of aryl methyl sites for hydroxylation is 2. The minimum absolute atomic E-state index is 0.0359. The van der Waals surface area contributed by atoms with Gasteiger partial charge in [-0.2, -0.15) is 0 Å². The molecule has 1 N–H and O–H groups in total. The van der Waals surface area contributed by atoms with Gasteiger partial charge in [0.2, 0.25) is 15.9 Å². The highest BCUT2D eigenvalue weighted by Gasteiger charge is 2.31. The molecule has 2 atom stereocenters. The smallest absolute Gasteiger partial charge is 0.224 e. The fraction of sp³-hybridized carbons (Fsp3) is 0.650. The van der Waals surface area contributed by atoms with E-state index in [2.05, 4.69) is 23.5 Å². The Balaban J connectivity index is 1.64. The Bertz CT molecular complexity index is 760. The highest BCUT2D eigenvalue weighted by molar-refractivity contribution is 7.89. The summed E-state index contributed by atoms with van der Waals surface area (Å²) in [5.41, 5.74) is 3.98. The van der Waals surface area contributed by atoms with E-state index in [4.69, 9.17) is 0 Å².